The van der Waals surface area contributed by atoms with Gasteiger partial charge in [-0.1, -0.05) is 89.4 Å². The molecular formula is C30H29N. The van der Waals surface area contributed by atoms with Crippen LogP contribution in [0.5, 0.6) is 0 Å². The molecule has 0 fully saturated rings. The van der Waals surface area contributed by atoms with E-state index in [1.54, 1.807) is 0 Å². The van der Waals surface area contributed by atoms with Crippen molar-refractivity contribution < 1.29 is 0 Å². The van der Waals surface area contributed by atoms with Crippen molar-refractivity contribution in [2.45, 2.75) is 38.5 Å². The Morgan fingerprint density at radius 1 is 0.645 bits per heavy atom. The predicted molar refractivity (Wildman–Crippen MR) is 134 cm³/mol. The molecule has 0 aliphatic heterocycles. The highest BCUT2D eigenvalue weighted by atomic mass is 14.9. The van der Waals surface area contributed by atoms with Crippen LogP contribution in [-0.2, 0) is 10.8 Å². The average Bonchev–Trinajstić information content (AvgIpc) is 3.12. The van der Waals surface area contributed by atoms with Gasteiger partial charge in [-0.25, -0.2) is 0 Å². The van der Waals surface area contributed by atoms with Gasteiger partial charge in [0.2, 0.25) is 0 Å². The lowest BCUT2D eigenvalue weighted by Crippen LogP contribution is -2.16. The molecule has 0 spiro atoms. The van der Waals surface area contributed by atoms with Gasteiger partial charge >= 0.3 is 0 Å². The Morgan fingerprint density at radius 3 is 1.87 bits per heavy atom. The van der Waals surface area contributed by atoms with Gasteiger partial charge in [-0.2, -0.15) is 0 Å². The number of benzene rings is 3. The van der Waals surface area contributed by atoms with Crippen molar-refractivity contribution in [1.82, 2.24) is 0 Å². The summed E-state index contributed by atoms with van der Waals surface area (Å²) in [5.74, 6) is 0. The predicted octanol–water partition coefficient (Wildman–Crippen LogP) is 8.15. The second-order valence-electron chi connectivity index (χ2n) is 9.68. The second kappa shape index (κ2) is 6.59. The Balaban J connectivity index is 1.52. The van der Waals surface area contributed by atoms with E-state index in [0.29, 0.717) is 0 Å². The molecule has 154 valence electrons. The fraction of sp³-hybridized carbons (Fsp3) is 0.200. The van der Waals surface area contributed by atoms with Crippen molar-refractivity contribution in [3.63, 3.8) is 0 Å². The lowest BCUT2D eigenvalue weighted by atomic mass is 9.81. The first-order chi connectivity index (χ1) is 14.8. The SMILES string of the molecule is C=CC1=C(C=C)C(C)(C)c2cc(Nc3ccc4c(c3)C(C)(C)c3ccccc3-4)ccc21. The highest BCUT2D eigenvalue weighted by Gasteiger charge is 2.36. The summed E-state index contributed by atoms with van der Waals surface area (Å²) in [6.07, 6.45) is 3.93. The molecule has 0 bridgehead atoms. The highest BCUT2D eigenvalue weighted by Crippen LogP contribution is 2.50. The van der Waals surface area contributed by atoms with Crippen LogP contribution in [0.4, 0.5) is 11.4 Å². The number of fused-ring (bicyclic) bond motifs is 4. The molecule has 1 heteroatoms. The molecule has 1 N–H and O–H groups in total. The third-order valence-corrected chi connectivity index (χ3v) is 7.23. The highest BCUT2D eigenvalue weighted by molar-refractivity contribution is 5.89. The van der Waals surface area contributed by atoms with E-state index < -0.39 is 0 Å². The van der Waals surface area contributed by atoms with Crippen LogP contribution < -0.4 is 5.32 Å². The van der Waals surface area contributed by atoms with Crippen molar-refractivity contribution in [3.05, 3.63) is 114 Å². The van der Waals surface area contributed by atoms with Gasteiger partial charge in [-0.05, 0) is 68.8 Å². The van der Waals surface area contributed by atoms with E-state index in [1.807, 2.05) is 12.2 Å². The van der Waals surface area contributed by atoms with Gasteiger partial charge in [0.1, 0.15) is 0 Å². The van der Waals surface area contributed by atoms with Crippen LogP contribution in [0.15, 0.2) is 91.5 Å². The van der Waals surface area contributed by atoms with Gasteiger partial charge in [-0.3, -0.25) is 0 Å². The Hall–Kier alpha value is -3.32. The normalized spacial score (nSPS) is 17.0. The maximum atomic E-state index is 4.05. The Labute approximate surface area is 185 Å². The van der Waals surface area contributed by atoms with Crippen molar-refractivity contribution in [2.24, 2.45) is 0 Å². The van der Waals surface area contributed by atoms with Crippen LogP contribution in [0.25, 0.3) is 16.7 Å². The van der Waals surface area contributed by atoms with E-state index in [-0.39, 0.29) is 10.8 Å². The monoisotopic (exact) mass is 403 g/mol. The van der Waals surface area contributed by atoms with Crippen molar-refractivity contribution >= 4 is 16.9 Å². The van der Waals surface area contributed by atoms with Crippen LogP contribution in [0.2, 0.25) is 0 Å². The Morgan fingerprint density at radius 2 is 1.23 bits per heavy atom. The zero-order valence-corrected chi connectivity index (χ0v) is 18.8. The first kappa shape index (κ1) is 19.6. The molecule has 0 amide bonds. The summed E-state index contributed by atoms with van der Waals surface area (Å²) >= 11 is 0. The van der Waals surface area contributed by atoms with Gasteiger partial charge in [0, 0.05) is 22.2 Å². The van der Waals surface area contributed by atoms with E-state index in [2.05, 4.69) is 107 Å². The molecule has 2 aliphatic rings. The molecule has 3 aromatic carbocycles. The van der Waals surface area contributed by atoms with Crippen LogP contribution in [0.3, 0.4) is 0 Å². The van der Waals surface area contributed by atoms with Crippen LogP contribution in [0.1, 0.15) is 49.9 Å². The van der Waals surface area contributed by atoms with Crippen molar-refractivity contribution in [1.29, 1.82) is 0 Å². The summed E-state index contributed by atoms with van der Waals surface area (Å²) in [7, 11) is 0. The van der Waals surface area contributed by atoms with Gasteiger partial charge < -0.3 is 5.32 Å². The van der Waals surface area contributed by atoms with Gasteiger partial charge in [0.25, 0.3) is 0 Å². The van der Waals surface area contributed by atoms with E-state index in [4.69, 9.17) is 0 Å². The molecule has 0 radical (unpaired) electrons. The minimum Gasteiger partial charge on any atom is -0.356 e. The topological polar surface area (TPSA) is 12.0 Å². The number of nitrogens with one attached hydrogen (secondary N) is 1. The summed E-state index contributed by atoms with van der Waals surface area (Å²) in [6.45, 7) is 17.3. The first-order valence-corrected chi connectivity index (χ1v) is 10.9. The molecule has 2 aliphatic carbocycles. The molecule has 31 heavy (non-hydrogen) atoms. The fourth-order valence-corrected chi connectivity index (χ4v) is 5.53. The third-order valence-electron chi connectivity index (χ3n) is 7.23. The molecule has 0 atom stereocenters. The number of hydrogen-bond donors (Lipinski definition) is 1. The molecule has 5 rings (SSSR count). The molecule has 0 saturated heterocycles. The first-order valence-electron chi connectivity index (χ1n) is 10.9. The molecule has 0 aromatic heterocycles. The maximum Gasteiger partial charge on any atom is 0.0387 e. The molecule has 0 saturated carbocycles. The molecule has 1 nitrogen and oxygen atoms in total. The summed E-state index contributed by atoms with van der Waals surface area (Å²) in [5, 5.41) is 3.66. The number of allylic oxidation sites excluding steroid dienone is 4. The Kier molecular flexibility index (Phi) is 4.17. The third kappa shape index (κ3) is 2.69. The molecule has 3 aromatic rings. The minimum atomic E-state index is -0.0835. The average molecular weight is 404 g/mol. The van der Waals surface area contributed by atoms with Gasteiger partial charge in [0.15, 0.2) is 0 Å². The smallest absolute Gasteiger partial charge is 0.0387 e. The van der Waals surface area contributed by atoms with Crippen LogP contribution >= 0.6 is 0 Å². The number of anilines is 2. The molecule has 0 heterocycles. The van der Waals surface area contributed by atoms with Crippen molar-refractivity contribution in [3.8, 4) is 11.1 Å². The van der Waals surface area contributed by atoms with E-state index in [1.165, 1.54) is 44.5 Å². The van der Waals surface area contributed by atoms with Crippen LogP contribution in [-0.4, -0.2) is 0 Å². The number of hydrogen-bond acceptors (Lipinski definition) is 1. The fourth-order valence-electron chi connectivity index (χ4n) is 5.53. The van der Waals surface area contributed by atoms with Crippen molar-refractivity contribution in [2.75, 3.05) is 5.32 Å². The number of rotatable bonds is 4. The maximum absolute atomic E-state index is 4.05. The van der Waals surface area contributed by atoms with E-state index in [9.17, 15) is 0 Å². The Bertz CT molecular complexity index is 1280. The summed E-state index contributed by atoms with van der Waals surface area (Å²) in [5.41, 5.74) is 12.6. The zero-order chi connectivity index (χ0) is 22.0. The quantitative estimate of drug-likeness (QED) is 0.463. The summed E-state index contributed by atoms with van der Waals surface area (Å²) < 4.78 is 0. The lowest BCUT2D eigenvalue weighted by Gasteiger charge is -2.24. The minimum absolute atomic E-state index is 0.00515. The van der Waals surface area contributed by atoms with E-state index in [0.717, 1.165) is 11.4 Å². The summed E-state index contributed by atoms with van der Waals surface area (Å²) in [4.78, 5) is 0. The summed E-state index contributed by atoms with van der Waals surface area (Å²) in [6, 6.07) is 22.2. The largest absolute Gasteiger partial charge is 0.356 e. The van der Waals surface area contributed by atoms with Gasteiger partial charge in [-0.15, -0.1) is 0 Å². The molecule has 0 unspecified atom stereocenters. The standard InChI is InChI=1S/C30H29N/c1-7-21-23-15-13-19(17-27(23)29(3,4)25(21)8-2)31-20-14-16-24-22-11-9-10-12-26(22)30(5,6)28(24)18-20/h7-18,31H,1-2H2,3-6H3. The van der Waals surface area contributed by atoms with E-state index >= 15 is 0 Å². The van der Waals surface area contributed by atoms with Gasteiger partial charge in [0.05, 0.1) is 0 Å². The molecular weight excluding hydrogens is 374 g/mol. The van der Waals surface area contributed by atoms with Crippen LogP contribution in [0, 0.1) is 0 Å². The lowest BCUT2D eigenvalue weighted by molar-refractivity contribution is 0.655. The second-order valence-corrected chi connectivity index (χ2v) is 9.68. The zero-order valence-electron chi connectivity index (χ0n) is 18.8.